The molecule has 0 amide bonds. The van der Waals surface area contributed by atoms with Crippen molar-refractivity contribution in [2.24, 2.45) is 50.2 Å². The number of aliphatic hydroxyl groups is 12. The lowest BCUT2D eigenvalue weighted by Gasteiger charge is -2.73. The fourth-order valence-corrected chi connectivity index (χ4v) is 15.4. The van der Waals surface area contributed by atoms with Crippen molar-refractivity contribution in [3.63, 3.8) is 0 Å². The Morgan fingerprint density at radius 2 is 1.28 bits per heavy atom. The van der Waals surface area contributed by atoms with Crippen LogP contribution in [-0.2, 0) is 33.2 Å². The smallest absolute Gasteiger partial charge is 0.187 e. The Hall–Kier alpha value is -1.02. The van der Waals surface area contributed by atoms with Crippen molar-refractivity contribution < 1.29 is 94.4 Å². The van der Waals surface area contributed by atoms with Gasteiger partial charge in [-0.2, -0.15) is 0 Å². The molecular formula is C49H82O19. The quantitative estimate of drug-likeness (QED) is 0.0892. The van der Waals surface area contributed by atoms with E-state index < -0.39 is 134 Å². The van der Waals surface area contributed by atoms with Crippen LogP contribution in [0.2, 0.25) is 0 Å². The molecule has 3 aliphatic heterocycles. The minimum absolute atomic E-state index is 0.00136. The lowest BCUT2D eigenvalue weighted by Crippen LogP contribution is -2.70. The second-order valence-electron chi connectivity index (χ2n) is 23.8. The van der Waals surface area contributed by atoms with Crippen LogP contribution in [0.1, 0.15) is 99.8 Å². The van der Waals surface area contributed by atoms with Gasteiger partial charge < -0.3 is 94.4 Å². The van der Waals surface area contributed by atoms with Gasteiger partial charge in [-0.1, -0.05) is 53.2 Å². The van der Waals surface area contributed by atoms with Crippen LogP contribution in [0.5, 0.6) is 0 Å². The van der Waals surface area contributed by atoms with E-state index in [0.717, 1.165) is 32.1 Å². The zero-order chi connectivity index (χ0) is 49.8. The molecule has 0 unspecified atom stereocenters. The van der Waals surface area contributed by atoms with Gasteiger partial charge in [-0.15, -0.1) is 0 Å². The van der Waals surface area contributed by atoms with Crippen LogP contribution < -0.4 is 0 Å². The average Bonchev–Trinajstić information content (AvgIpc) is 3.29. The van der Waals surface area contributed by atoms with Crippen LogP contribution in [0.15, 0.2) is 11.6 Å². The van der Waals surface area contributed by atoms with Crippen molar-refractivity contribution >= 4 is 0 Å². The van der Waals surface area contributed by atoms with E-state index in [2.05, 4.69) is 40.7 Å². The summed E-state index contributed by atoms with van der Waals surface area (Å²) in [6, 6.07) is 0. The average molecular weight is 975 g/mol. The molecule has 7 fully saturated rings. The van der Waals surface area contributed by atoms with E-state index in [1.807, 2.05) is 6.92 Å². The molecule has 0 aromatic heterocycles. The Morgan fingerprint density at radius 3 is 1.91 bits per heavy atom. The first-order valence-electron chi connectivity index (χ1n) is 24.9. The minimum Gasteiger partial charge on any atom is -0.396 e. The first kappa shape index (κ1) is 53.3. The Kier molecular flexibility index (Phi) is 14.9. The van der Waals surface area contributed by atoms with E-state index in [1.54, 1.807) is 14.0 Å². The minimum atomic E-state index is -1.89. The number of allylic oxidation sites excluding steroid dienone is 1. The lowest BCUT2D eigenvalue weighted by molar-refractivity contribution is -0.372. The highest BCUT2D eigenvalue weighted by atomic mass is 16.7. The summed E-state index contributed by atoms with van der Waals surface area (Å²) in [5, 5.41) is 131. The van der Waals surface area contributed by atoms with Gasteiger partial charge in [-0.05, 0) is 91.8 Å². The largest absolute Gasteiger partial charge is 0.396 e. The van der Waals surface area contributed by atoms with Crippen LogP contribution >= 0.6 is 0 Å². The number of fused-ring (bicyclic) bond motifs is 7. The van der Waals surface area contributed by atoms with Gasteiger partial charge in [0, 0.05) is 23.9 Å². The Balaban J connectivity index is 1.00. The third kappa shape index (κ3) is 8.21. The van der Waals surface area contributed by atoms with Crippen molar-refractivity contribution in [1.82, 2.24) is 0 Å². The van der Waals surface area contributed by atoms with Gasteiger partial charge in [0.15, 0.2) is 18.9 Å². The Labute approximate surface area is 399 Å². The van der Waals surface area contributed by atoms with Crippen LogP contribution in [0, 0.1) is 50.2 Å². The Morgan fingerprint density at radius 1 is 0.647 bits per heavy atom. The molecule has 0 bridgehead atoms. The van der Waals surface area contributed by atoms with Crippen molar-refractivity contribution in [1.29, 1.82) is 0 Å². The molecule has 0 aromatic rings. The summed E-state index contributed by atoms with van der Waals surface area (Å²) in [6.07, 6.45) is -17.4. The van der Waals surface area contributed by atoms with Gasteiger partial charge >= 0.3 is 0 Å². The number of ether oxygens (including phenoxy) is 7. The number of aliphatic hydroxyl groups excluding tert-OH is 12. The zero-order valence-electron chi connectivity index (χ0n) is 40.9. The highest BCUT2D eigenvalue weighted by molar-refractivity contribution is 5.37. The molecule has 5 aliphatic carbocycles. The van der Waals surface area contributed by atoms with Gasteiger partial charge in [-0.3, -0.25) is 0 Å². The first-order valence-corrected chi connectivity index (χ1v) is 24.9. The van der Waals surface area contributed by atoms with Gasteiger partial charge in [0.2, 0.25) is 0 Å². The van der Waals surface area contributed by atoms with E-state index in [9.17, 15) is 61.3 Å². The van der Waals surface area contributed by atoms with Crippen molar-refractivity contribution in [2.45, 2.75) is 210 Å². The van der Waals surface area contributed by atoms with Crippen LogP contribution in [0.3, 0.4) is 0 Å². The maximum atomic E-state index is 12.2. The van der Waals surface area contributed by atoms with Crippen molar-refractivity contribution in [3.8, 4) is 0 Å². The summed E-state index contributed by atoms with van der Waals surface area (Å²) in [4.78, 5) is 0. The van der Waals surface area contributed by atoms with Crippen LogP contribution in [0.4, 0.5) is 0 Å². The Bertz CT molecular complexity index is 1800. The maximum absolute atomic E-state index is 12.2. The SMILES string of the molecule is CO[C@@H]1C=C2[C@@H]3CC(C)(C)CC[C@]3(CO)[C@@H](O)C[C@@]2(C)[C@]2(C)CC[C@H]3[C@](C)(CO)[C@@H](O[C@@H]4O[C@H](C)[C@H](O)[C@H](O[C@@H]5O[C@H](CO[C@@H]6O[C@H](CO)[C@@H](O)[C@H](O)[C@H]6O)[C@@H](O)[C@H](O)[C@H]5O)[C@H]4O)CC[C@]3(C)[C@@H]12. The second-order valence-corrected chi connectivity index (χ2v) is 23.8. The van der Waals surface area contributed by atoms with Gasteiger partial charge in [-0.25, -0.2) is 0 Å². The lowest BCUT2D eigenvalue weighted by atomic mass is 9.32. The van der Waals surface area contributed by atoms with E-state index in [1.165, 1.54) is 5.57 Å². The predicted molar refractivity (Wildman–Crippen MR) is 238 cm³/mol. The molecule has 26 atom stereocenters. The van der Waals surface area contributed by atoms with E-state index in [-0.39, 0.29) is 53.3 Å². The van der Waals surface area contributed by atoms with Gasteiger partial charge in [0.25, 0.3) is 0 Å². The molecule has 0 aromatic carbocycles. The monoisotopic (exact) mass is 975 g/mol. The third-order valence-corrected chi connectivity index (χ3v) is 19.8. The van der Waals surface area contributed by atoms with E-state index in [0.29, 0.717) is 19.3 Å². The molecule has 3 heterocycles. The fourth-order valence-electron chi connectivity index (χ4n) is 15.4. The summed E-state index contributed by atoms with van der Waals surface area (Å²) < 4.78 is 42.1. The highest BCUT2D eigenvalue weighted by Gasteiger charge is 2.72. The third-order valence-electron chi connectivity index (χ3n) is 19.8. The standard InChI is InChI=1S/C49H82O19/c1-22-31(54)39(68-42-37(60)35(58)33(56)27(66-42)19-63-41-36(59)34(57)32(55)26(18-50)65-41)38(61)43(64-22)67-30-10-11-45(4)28(46(30,5)20-51)9-12-47(6)40(45)25(62-8)15-23-24-16-44(2,3)13-14-49(24,21-52)29(53)17-48(23,47)7/h15,22,24-43,50-61H,9-14,16-21H2,1-8H3/t22-,24+,25-,26-,27-,28-,29+,30+,31+,32-,33-,34+,35+,36-,37-,38-,39+,40-,41-,42+,43+,45+,46+,47-,48-,49-/m1/s1. The summed E-state index contributed by atoms with van der Waals surface area (Å²) >= 11 is 0. The summed E-state index contributed by atoms with van der Waals surface area (Å²) in [5.41, 5.74) is -1.24. The molecule has 68 heavy (non-hydrogen) atoms. The molecule has 3 saturated heterocycles. The summed E-state index contributed by atoms with van der Waals surface area (Å²) in [6.45, 7) is 13.5. The highest BCUT2D eigenvalue weighted by Crippen LogP contribution is 2.76. The fraction of sp³-hybridized carbons (Fsp3) is 0.959. The molecule has 0 spiro atoms. The van der Waals surface area contributed by atoms with E-state index >= 15 is 0 Å². The summed E-state index contributed by atoms with van der Waals surface area (Å²) in [7, 11) is 1.76. The number of hydrogen-bond donors (Lipinski definition) is 12. The molecule has 8 rings (SSSR count). The maximum Gasteiger partial charge on any atom is 0.187 e. The van der Waals surface area contributed by atoms with E-state index in [4.69, 9.17) is 33.2 Å². The molecule has 8 aliphatic rings. The van der Waals surface area contributed by atoms with Crippen LogP contribution in [0.25, 0.3) is 0 Å². The van der Waals surface area contributed by atoms with Crippen molar-refractivity contribution in [3.05, 3.63) is 11.6 Å². The van der Waals surface area contributed by atoms with Crippen molar-refractivity contribution in [2.75, 3.05) is 33.5 Å². The second kappa shape index (κ2) is 19.0. The van der Waals surface area contributed by atoms with Crippen LogP contribution in [-0.4, -0.2) is 205 Å². The molecular weight excluding hydrogens is 893 g/mol. The molecule has 392 valence electrons. The number of methoxy groups -OCH3 is 1. The van der Waals surface area contributed by atoms with Gasteiger partial charge in [0.1, 0.15) is 67.1 Å². The molecule has 19 heteroatoms. The molecule has 4 saturated carbocycles. The molecule has 19 nitrogen and oxygen atoms in total. The molecule has 0 radical (unpaired) electrons. The molecule has 12 N–H and O–H groups in total. The normalized spacial score (nSPS) is 55.8. The number of rotatable bonds is 11. The number of hydrogen-bond acceptors (Lipinski definition) is 19. The first-order chi connectivity index (χ1) is 31.8. The van der Waals surface area contributed by atoms with Gasteiger partial charge in [0.05, 0.1) is 50.8 Å². The summed E-state index contributed by atoms with van der Waals surface area (Å²) in [5.74, 6) is -0.113. The predicted octanol–water partition coefficient (Wildman–Crippen LogP) is -0.790. The topological polar surface area (TPSA) is 307 Å². The zero-order valence-corrected chi connectivity index (χ0v) is 40.9.